The van der Waals surface area contributed by atoms with Crippen molar-refractivity contribution in [2.24, 2.45) is 5.92 Å². The number of rotatable bonds is 6. The molecule has 1 aliphatic heterocycles. The Morgan fingerprint density at radius 3 is 2.64 bits per heavy atom. The van der Waals surface area contributed by atoms with E-state index in [2.05, 4.69) is 29.4 Å². The lowest BCUT2D eigenvalue weighted by molar-refractivity contribution is -0.182. The van der Waals surface area contributed by atoms with E-state index in [9.17, 15) is 18.0 Å². The zero-order valence-corrected chi connectivity index (χ0v) is 16.6. The summed E-state index contributed by atoms with van der Waals surface area (Å²) in [6.07, 6.45) is -3.76. The number of thioether (sulfide) groups is 1. The Kier molecular flexibility index (Phi) is 6.32. The maximum absolute atomic E-state index is 13.0. The second-order valence-corrected chi connectivity index (χ2v) is 8.83. The van der Waals surface area contributed by atoms with E-state index in [-0.39, 0.29) is 38.3 Å². The minimum absolute atomic E-state index is 0.0269. The number of hydrogen-bond acceptors (Lipinski definition) is 4. The van der Waals surface area contributed by atoms with Crippen LogP contribution in [0.5, 0.6) is 0 Å². The number of nitrogens with zero attached hydrogens (tertiary/aromatic N) is 3. The maximum Gasteiger partial charge on any atom is 0.393 e. The number of carbonyl (C=O) groups excluding carboxylic acids is 1. The largest absolute Gasteiger partial charge is 0.393 e. The molecule has 0 spiro atoms. The molecule has 0 saturated carbocycles. The van der Waals surface area contributed by atoms with Gasteiger partial charge in [-0.25, -0.2) is 0 Å². The molecule has 1 unspecified atom stereocenters. The Labute approximate surface area is 166 Å². The van der Waals surface area contributed by atoms with E-state index < -0.39 is 12.1 Å². The van der Waals surface area contributed by atoms with Crippen molar-refractivity contribution in [3.63, 3.8) is 0 Å². The first-order chi connectivity index (χ1) is 13.2. The molecule has 0 aliphatic carbocycles. The maximum atomic E-state index is 13.0. The predicted molar refractivity (Wildman–Crippen MR) is 101 cm³/mol. The molecule has 0 bridgehead atoms. The highest BCUT2D eigenvalue weighted by Crippen LogP contribution is 2.34. The van der Waals surface area contributed by atoms with Gasteiger partial charge in [0.2, 0.25) is 5.91 Å². The quantitative estimate of drug-likeness (QED) is 0.734. The summed E-state index contributed by atoms with van der Waals surface area (Å²) in [5.74, 6) is -0.693. The molecule has 1 aromatic heterocycles. The number of aryl methyl sites for hydroxylation is 1. The number of hydrogen-bond donors (Lipinski definition) is 1. The Bertz CT molecular complexity index is 818. The number of alkyl halides is 3. The van der Waals surface area contributed by atoms with Crippen LogP contribution in [0.4, 0.5) is 13.2 Å². The van der Waals surface area contributed by atoms with Gasteiger partial charge in [-0.1, -0.05) is 26.0 Å². The summed E-state index contributed by atoms with van der Waals surface area (Å²) in [4.78, 5) is 13.4. The van der Waals surface area contributed by atoms with Gasteiger partial charge in [-0.05, 0) is 24.1 Å². The molecule has 152 valence electrons. The fourth-order valence-corrected chi connectivity index (χ4v) is 4.00. The van der Waals surface area contributed by atoms with E-state index in [1.807, 2.05) is 24.3 Å². The molecular formula is C19H23F3N4OS. The topological polar surface area (TPSA) is 59.8 Å². The summed E-state index contributed by atoms with van der Waals surface area (Å²) in [5, 5.41) is 11.1. The van der Waals surface area contributed by atoms with Crippen molar-refractivity contribution < 1.29 is 18.0 Å². The molecule has 1 aromatic carbocycles. The van der Waals surface area contributed by atoms with Gasteiger partial charge in [0.25, 0.3) is 0 Å². The number of aromatic nitrogens is 3. The minimum atomic E-state index is -4.23. The molecule has 5 nitrogen and oxygen atoms in total. The van der Waals surface area contributed by atoms with Gasteiger partial charge in [0, 0.05) is 23.1 Å². The van der Waals surface area contributed by atoms with Gasteiger partial charge >= 0.3 is 6.18 Å². The molecule has 0 radical (unpaired) electrons. The van der Waals surface area contributed by atoms with E-state index >= 15 is 0 Å². The molecule has 28 heavy (non-hydrogen) atoms. The molecule has 1 amide bonds. The molecule has 1 N–H and O–H groups in total. The van der Waals surface area contributed by atoms with E-state index in [0.717, 1.165) is 10.5 Å². The molecule has 9 heteroatoms. The highest BCUT2D eigenvalue weighted by atomic mass is 32.2. The Balaban J connectivity index is 1.55. The van der Waals surface area contributed by atoms with Crippen LogP contribution in [0.15, 0.2) is 29.2 Å². The zero-order chi connectivity index (χ0) is 20.3. The van der Waals surface area contributed by atoms with Crippen LogP contribution in [0.2, 0.25) is 0 Å². The van der Waals surface area contributed by atoms with E-state index in [4.69, 9.17) is 0 Å². The average Bonchev–Trinajstić information content (AvgIpc) is 3.03. The van der Waals surface area contributed by atoms with Gasteiger partial charge in [0.15, 0.2) is 5.82 Å². The average molecular weight is 412 g/mol. The third-order valence-corrected chi connectivity index (χ3v) is 5.61. The highest BCUT2D eigenvalue weighted by Gasteiger charge is 2.42. The van der Waals surface area contributed by atoms with Crippen molar-refractivity contribution in [1.82, 2.24) is 20.1 Å². The third kappa shape index (κ3) is 5.27. The molecule has 1 atom stereocenters. The SMILES string of the molecule is CC(C)Sc1ccc(CC(=O)NCc2nnc3n2CC(C(F)(F)F)CC3)cc1. The summed E-state index contributed by atoms with van der Waals surface area (Å²) < 4.78 is 40.5. The molecule has 2 aromatic rings. The van der Waals surface area contributed by atoms with Crippen LogP contribution in [-0.2, 0) is 30.7 Å². The molecule has 2 heterocycles. The Morgan fingerprint density at radius 2 is 2.00 bits per heavy atom. The van der Waals surface area contributed by atoms with E-state index in [0.29, 0.717) is 16.9 Å². The number of benzene rings is 1. The van der Waals surface area contributed by atoms with Crippen LogP contribution in [0.3, 0.4) is 0 Å². The Hall–Kier alpha value is -2.03. The summed E-state index contributed by atoms with van der Waals surface area (Å²) in [5.41, 5.74) is 0.881. The lowest BCUT2D eigenvalue weighted by Gasteiger charge is -2.26. The van der Waals surface area contributed by atoms with Crippen molar-refractivity contribution in [2.75, 3.05) is 0 Å². The van der Waals surface area contributed by atoms with Crippen molar-refractivity contribution in [2.45, 2.75) is 62.5 Å². The van der Waals surface area contributed by atoms with Crippen LogP contribution in [-0.4, -0.2) is 32.1 Å². The van der Waals surface area contributed by atoms with Gasteiger partial charge in [-0.2, -0.15) is 13.2 Å². The number of fused-ring (bicyclic) bond motifs is 1. The number of carbonyl (C=O) groups is 1. The van der Waals surface area contributed by atoms with Gasteiger partial charge in [0.05, 0.1) is 18.9 Å². The van der Waals surface area contributed by atoms with E-state index in [1.54, 1.807) is 11.8 Å². The lowest BCUT2D eigenvalue weighted by atomic mass is 9.99. The van der Waals surface area contributed by atoms with Crippen molar-refractivity contribution in [3.8, 4) is 0 Å². The highest BCUT2D eigenvalue weighted by molar-refractivity contribution is 7.99. The van der Waals surface area contributed by atoms with Crippen molar-refractivity contribution in [3.05, 3.63) is 41.5 Å². The molecule has 0 saturated heterocycles. The van der Waals surface area contributed by atoms with Crippen molar-refractivity contribution in [1.29, 1.82) is 0 Å². The fraction of sp³-hybridized carbons (Fsp3) is 0.526. The standard InChI is InChI=1S/C19H23F3N4OS/c1-12(2)28-15-6-3-13(4-7-15)9-18(27)23-10-17-25-24-16-8-5-14(11-26(16)17)19(20,21)22/h3-4,6-7,12,14H,5,8-11H2,1-2H3,(H,23,27). The summed E-state index contributed by atoms with van der Waals surface area (Å²) >= 11 is 1.75. The second kappa shape index (κ2) is 8.55. The minimum Gasteiger partial charge on any atom is -0.349 e. The second-order valence-electron chi connectivity index (χ2n) is 7.18. The number of halogens is 3. The van der Waals surface area contributed by atoms with Gasteiger partial charge in [0.1, 0.15) is 5.82 Å². The first kappa shape index (κ1) is 20.7. The van der Waals surface area contributed by atoms with Gasteiger partial charge < -0.3 is 9.88 Å². The summed E-state index contributed by atoms with van der Waals surface area (Å²) in [7, 11) is 0. The van der Waals surface area contributed by atoms with Crippen LogP contribution in [0, 0.1) is 5.92 Å². The molecule has 1 aliphatic rings. The van der Waals surface area contributed by atoms with Gasteiger partial charge in [-0.15, -0.1) is 22.0 Å². The van der Waals surface area contributed by atoms with Crippen LogP contribution in [0.25, 0.3) is 0 Å². The summed E-state index contributed by atoms with van der Waals surface area (Å²) in [6, 6.07) is 7.80. The van der Waals surface area contributed by atoms with Crippen LogP contribution >= 0.6 is 11.8 Å². The molecular weight excluding hydrogens is 389 g/mol. The first-order valence-electron chi connectivity index (χ1n) is 9.22. The number of amides is 1. The van der Waals surface area contributed by atoms with Crippen LogP contribution in [0.1, 0.15) is 37.5 Å². The zero-order valence-electron chi connectivity index (χ0n) is 15.8. The first-order valence-corrected chi connectivity index (χ1v) is 10.1. The van der Waals surface area contributed by atoms with Crippen molar-refractivity contribution >= 4 is 17.7 Å². The number of nitrogens with one attached hydrogen (secondary N) is 1. The predicted octanol–water partition coefficient (Wildman–Crippen LogP) is 3.76. The molecule has 0 fully saturated rings. The normalized spacial score (nSPS) is 16.9. The summed E-state index contributed by atoms with van der Waals surface area (Å²) in [6.45, 7) is 4.11. The smallest absolute Gasteiger partial charge is 0.349 e. The Morgan fingerprint density at radius 1 is 1.29 bits per heavy atom. The molecule has 3 rings (SSSR count). The fourth-order valence-electron chi connectivity index (χ4n) is 3.16. The van der Waals surface area contributed by atoms with Crippen LogP contribution < -0.4 is 5.32 Å². The third-order valence-electron chi connectivity index (χ3n) is 4.59. The lowest BCUT2D eigenvalue weighted by Crippen LogP contribution is -2.34. The monoisotopic (exact) mass is 412 g/mol. The van der Waals surface area contributed by atoms with E-state index in [1.165, 1.54) is 4.57 Å². The van der Waals surface area contributed by atoms with Gasteiger partial charge in [-0.3, -0.25) is 4.79 Å².